The lowest BCUT2D eigenvalue weighted by Crippen LogP contribution is -2.44. The molecule has 27 heavy (non-hydrogen) atoms. The zero-order chi connectivity index (χ0) is 18.8. The zero-order valence-electron chi connectivity index (χ0n) is 15.4. The highest BCUT2D eigenvalue weighted by molar-refractivity contribution is 5.91. The number of oxazole rings is 1. The summed E-state index contributed by atoms with van der Waals surface area (Å²) < 4.78 is 13.2. The van der Waals surface area contributed by atoms with E-state index in [4.69, 9.17) is 9.15 Å². The molecular weight excluding hydrogens is 346 g/mol. The molecule has 1 aliphatic rings. The SMILES string of the molecule is CCn1cc([C@H]2OCCC[C@@H]2NC(=O)Nc2ccc3oc(C)nc3c2)cn1. The third-order valence-electron chi connectivity index (χ3n) is 4.70. The summed E-state index contributed by atoms with van der Waals surface area (Å²) >= 11 is 0. The highest BCUT2D eigenvalue weighted by atomic mass is 16.5. The van der Waals surface area contributed by atoms with Crippen LogP contribution in [0.25, 0.3) is 11.1 Å². The Balaban J connectivity index is 1.44. The molecule has 8 nitrogen and oxygen atoms in total. The van der Waals surface area contributed by atoms with E-state index in [1.807, 2.05) is 24.0 Å². The Morgan fingerprint density at radius 3 is 3.11 bits per heavy atom. The molecule has 1 aromatic carbocycles. The Hall–Kier alpha value is -2.87. The van der Waals surface area contributed by atoms with Gasteiger partial charge >= 0.3 is 6.03 Å². The maximum Gasteiger partial charge on any atom is 0.319 e. The lowest BCUT2D eigenvalue weighted by atomic mass is 9.98. The van der Waals surface area contributed by atoms with Gasteiger partial charge in [0.2, 0.25) is 0 Å². The van der Waals surface area contributed by atoms with E-state index in [0.717, 1.165) is 30.5 Å². The molecule has 0 bridgehead atoms. The fourth-order valence-corrected chi connectivity index (χ4v) is 3.41. The van der Waals surface area contributed by atoms with Gasteiger partial charge in [-0.05, 0) is 38.0 Å². The molecule has 3 aromatic rings. The molecule has 8 heteroatoms. The molecule has 0 radical (unpaired) electrons. The molecule has 2 aromatic heterocycles. The topological polar surface area (TPSA) is 94.2 Å². The third-order valence-corrected chi connectivity index (χ3v) is 4.70. The van der Waals surface area contributed by atoms with Gasteiger partial charge in [0.15, 0.2) is 11.5 Å². The maximum absolute atomic E-state index is 12.5. The monoisotopic (exact) mass is 369 g/mol. The van der Waals surface area contributed by atoms with Gasteiger partial charge in [-0.3, -0.25) is 4.68 Å². The first-order chi connectivity index (χ1) is 13.1. The zero-order valence-corrected chi connectivity index (χ0v) is 15.4. The summed E-state index contributed by atoms with van der Waals surface area (Å²) in [7, 11) is 0. The maximum atomic E-state index is 12.5. The lowest BCUT2D eigenvalue weighted by Gasteiger charge is -2.31. The number of aromatic nitrogens is 3. The quantitative estimate of drug-likeness (QED) is 0.735. The van der Waals surface area contributed by atoms with Crippen LogP contribution in [0.2, 0.25) is 0 Å². The molecule has 142 valence electrons. The standard InChI is InChI=1S/C19H23N5O3/c1-3-24-11-13(10-20-24)18-15(5-4-8-26-18)23-19(25)22-14-6-7-17-16(9-14)21-12(2)27-17/h6-7,9-11,15,18H,3-5,8H2,1-2H3,(H2,22,23,25)/t15-,18+/m0/s1. The van der Waals surface area contributed by atoms with E-state index in [9.17, 15) is 4.79 Å². The molecule has 2 atom stereocenters. The summed E-state index contributed by atoms with van der Waals surface area (Å²) in [6.07, 6.45) is 5.37. The normalized spacial score (nSPS) is 19.9. The molecule has 1 fully saturated rings. The summed E-state index contributed by atoms with van der Waals surface area (Å²) in [5.74, 6) is 0.599. The number of rotatable bonds is 4. The van der Waals surface area contributed by atoms with Gasteiger partial charge in [-0.15, -0.1) is 0 Å². The van der Waals surface area contributed by atoms with E-state index in [1.165, 1.54) is 0 Å². The lowest BCUT2D eigenvalue weighted by molar-refractivity contribution is -0.00701. The number of carbonyl (C=O) groups is 1. The summed E-state index contributed by atoms with van der Waals surface area (Å²) in [5.41, 5.74) is 3.07. The van der Waals surface area contributed by atoms with E-state index in [0.29, 0.717) is 23.8 Å². The number of aryl methyl sites for hydroxylation is 2. The van der Waals surface area contributed by atoms with Gasteiger partial charge in [0.25, 0.3) is 0 Å². The molecule has 2 N–H and O–H groups in total. The van der Waals surface area contributed by atoms with Crippen molar-refractivity contribution in [2.45, 2.75) is 45.4 Å². The first-order valence-electron chi connectivity index (χ1n) is 9.21. The van der Waals surface area contributed by atoms with Crippen molar-refractivity contribution in [2.24, 2.45) is 0 Å². The molecule has 2 amide bonds. The number of hydrogen-bond acceptors (Lipinski definition) is 5. The average Bonchev–Trinajstić information content (AvgIpc) is 3.27. The highest BCUT2D eigenvalue weighted by Crippen LogP contribution is 2.28. The number of ether oxygens (including phenoxy) is 1. The Morgan fingerprint density at radius 2 is 2.30 bits per heavy atom. The van der Waals surface area contributed by atoms with Crippen LogP contribution in [-0.4, -0.2) is 33.4 Å². The second-order valence-corrected chi connectivity index (χ2v) is 6.68. The number of nitrogens with zero attached hydrogens (tertiary/aromatic N) is 3. The van der Waals surface area contributed by atoms with Crippen molar-refractivity contribution in [3.05, 3.63) is 42.0 Å². The van der Waals surface area contributed by atoms with Gasteiger partial charge in [0, 0.05) is 37.5 Å². The summed E-state index contributed by atoms with van der Waals surface area (Å²) in [5, 5.41) is 10.2. The first kappa shape index (κ1) is 17.5. The summed E-state index contributed by atoms with van der Waals surface area (Å²) in [6, 6.07) is 5.03. The van der Waals surface area contributed by atoms with Crippen molar-refractivity contribution in [3.8, 4) is 0 Å². The second kappa shape index (κ2) is 7.40. The number of hydrogen-bond donors (Lipinski definition) is 2. The Morgan fingerprint density at radius 1 is 1.41 bits per heavy atom. The minimum absolute atomic E-state index is 0.105. The Bertz CT molecular complexity index is 948. The number of anilines is 1. The van der Waals surface area contributed by atoms with Crippen molar-refractivity contribution in [1.82, 2.24) is 20.1 Å². The molecule has 1 aliphatic heterocycles. The van der Waals surface area contributed by atoms with E-state index in [1.54, 1.807) is 25.1 Å². The van der Waals surface area contributed by atoms with Gasteiger partial charge in [-0.25, -0.2) is 9.78 Å². The number of urea groups is 1. The predicted molar refractivity (Wildman–Crippen MR) is 101 cm³/mol. The minimum Gasteiger partial charge on any atom is -0.441 e. The van der Waals surface area contributed by atoms with E-state index in [2.05, 4.69) is 20.7 Å². The Labute approximate surface area is 156 Å². The minimum atomic E-state index is -0.266. The molecule has 0 aliphatic carbocycles. The first-order valence-corrected chi connectivity index (χ1v) is 9.21. The van der Waals surface area contributed by atoms with Crippen LogP contribution in [0.5, 0.6) is 0 Å². The average molecular weight is 369 g/mol. The predicted octanol–water partition coefficient (Wildman–Crippen LogP) is 3.39. The van der Waals surface area contributed by atoms with Crippen molar-refractivity contribution in [2.75, 3.05) is 11.9 Å². The van der Waals surface area contributed by atoms with Crippen LogP contribution < -0.4 is 10.6 Å². The molecule has 4 rings (SSSR count). The van der Waals surface area contributed by atoms with E-state index < -0.39 is 0 Å². The Kier molecular flexibility index (Phi) is 4.81. The van der Waals surface area contributed by atoms with Crippen molar-refractivity contribution < 1.29 is 13.9 Å². The van der Waals surface area contributed by atoms with Crippen molar-refractivity contribution in [1.29, 1.82) is 0 Å². The van der Waals surface area contributed by atoms with Gasteiger partial charge in [0.05, 0.1) is 12.2 Å². The van der Waals surface area contributed by atoms with E-state index >= 15 is 0 Å². The van der Waals surface area contributed by atoms with Crippen molar-refractivity contribution in [3.63, 3.8) is 0 Å². The molecule has 0 saturated carbocycles. The van der Waals surface area contributed by atoms with Crippen LogP contribution in [0, 0.1) is 6.92 Å². The highest BCUT2D eigenvalue weighted by Gasteiger charge is 2.29. The fourth-order valence-electron chi connectivity index (χ4n) is 3.41. The van der Waals surface area contributed by atoms with Crippen LogP contribution in [0.1, 0.15) is 37.3 Å². The van der Waals surface area contributed by atoms with Crippen LogP contribution >= 0.6 is 0 Å². The van der Waals surface area contributed by atoms with Gasteiger partial charge in [0.1, 0.15) is 11.6 Å². The largest absolute Gasteiger partial charge is 0.441 e. The molecule has 0 unspecified atom stereocenters. The number of benzene rings is 1. The van der Waals surface area contributed by atoms with E-state index in [-0.39, 0.29) is 18.2 Å². The van der Waals surface area contributed by atoms with Crippen molar-refractivity contribution >= 4 is 22.8 Å². The van der Waals surface area contributed by atoms with Gasteiger partial charge < -0.3 is 19.8 Å². The van der Waals surface area contributed by atoms with Crippen LogP contribution in [0.15, 0.2) is 35.0 Å². The number of amides is 2. The number of fused-ring (bicyclic) bond motifs is 1. The van der Waals surface area contributed by atoms with Gasteiger partial charge in [-0.1, -0.05) is 0 Å². The molecule has 3 heterocycles. The fraction of sp³-hybridized carbons (Fsp3) is 0.421. The summed E-state index contributed by atoms with van der Waals surface area (Å²) in [6.45, 7) is 5.32. The van der Waals surface area contributed by atoms with Gasteiger partial charge in [-0.2, -0.15) is 5.10 Å². The molecule has 1 saturated heterocycles. The summed E-state index contributed by atoms with van der Waals surface area (Å²) in [4.78, 5) is 16.8. The van der Waals surface area contributed by atoms with Crippen LogP contribution in [-0.2, 0) is 11.3 Å². The third kappa shape index (κ3) is 3.80. The smallest absolute Gasteiger partial charge is 0.319 e. The number of carbonyl (C=O) groups excluding carboxylic acids is 1. The molecule has 0 spiro atoms. The second-order valence-electron chi connectivity index (χ2n) is 6.68. The molecular formula is C19H23N5O3. The van der Waals surface area contributed by atoms with Crippen LogP contribution in [0.3, 0.4) is 0 Å². The number of nitrogens with one attached hydrogen (secondary N) is 2. The van der Waals surface area contributed by atoms with Crippen LogP contribution in [0.4, 0.5) is 10.5 Å².